The number of halogens is 3. The van der Waals surface area contributed by atoms with Gasteiger partial charge in [0.05, 0.1) is 15.7 Å². The quantitative estimate of drug-likeness (QED) is 0.670. The van der Waals surface area contributed by atoms with Crippen molar-refractivity contribution < 1.29 is 8.42 Å². The Morgan fingerprint density at radius 3 is 2.67 bits per heavy atom. The lowest BCUT2D eigenvalue weighted by atomic mass is 10.3. The van der Waals surface area contributed by atoms with Crippen LogP contribution >= 0.6 is 39.1 Å². The first-order chi connectivity index (χ1) is 9.77. The van der Waals surface area contributed by atoms with Crippen LogP contribution in [0.5, 0.6) is 0 Å². The second kappa shape index (κ2) is 6.13. The Morgan fingerprint density at radius 2 is 2.05 bits per heavy atom. The third-order valence-corrected chi connectivity index (χ3v) is 5.88. The summed E-state index contributed by atoms with van der Waals surface area (Å²) < 4.78 is 27.7. The summed E-state index contributed by atoms with van der Waals surface area (Å²) in [6, 6.07) is 3.09. The molecule has 0 aliphatic carbocycles. The van der Waals surface area contributed by atoms with Crippen molar-refractivity contribution in [3.05, 3.63) is 37.9 Å². The third kappa shape index (κ3) is 3.19. The number of aromatic amines is 1. The van der Waals surface area contributed by atoms with Crippen molar-refractivity contribution in [3.63, 3.8) is 0 Å². The molecule has 0 saturated heterocycles. The highest BCUT2D eigenvalue weighted by molar-refractivity contribution is 9.10. The van der Waals surface area contributed by atoms with Gasteiger partial charge in [-0.2, -0.15) is 13.5 Å². The standard InChI is InChI=1S/C11H11BrCl2N4O2S/c1-5-6(4-15)11(17-16-5)21(19,20)18-8-3-2-7(12)9(13)10(8)14/h2-3,18H,4,15H2,1H3,(H,16,17). The number of hydrogen-bond acceptors (Lipinski definition) is 4. The zero-order valence-corrected chi connectivity index (χ0v) is 14.7. The van der Waals surface area contributed by atoms with Crippen LogP contribution in [0.1, 0.15) is 11.3 Å². The summed E-state index contributed by atoms with van der Waals surface area (Å²) in [6.45, 7) is 1.74. The average Bonchev–Trinajstić information content (AvgIpc) is 2.81. The molecule has 0 spiro atoms. The van der Waals surface area contributed by atoms with Crippen molar-refractivity contribution in [2.45, 2.75) is 18.5 Å². The highest BCUT2D eigenvalue weighted by Crippen LogP contribution is 2.36. The van der Waals surface area contributed by atoms with Crippen LogP contribution in [0.2, 0.25) is 10.0 Å². The van der Waals surface area contributed by atoms with E-state index in [2.05, 4.69) is 30.8 Å². The number of aryl methyl sites for hydroxylation is 1. The number of hydrogen-bond donors (Lipinski definition) is 3. The number of nitrogens with one attached hydrogen (secondary N) is 2. The molecule has 1 heterocycles. The zero-order valence-electron chi connectivity index (χ0n) is 10.7. The van der Waals surface area contributed by atoms with Gasteiger partial charge in [-0.15, -0.1) is 0 Å². The molecule has 0 saturated carbocycles. The van der Waals surface area contributed by atoms with E-state index in [9.17, 15) is 8.42 Å². The number of nitrogens with two attached hydrogens (primary N) is 1. The Balaban J connectivity index is 2.45. The molecule has 1 aromatic carbocycles. The van der Waals surface area contributed by atoms with Gasteiger partial charge >= 0.3 is 0 Å². The highest BCUT2D eigenvalue weighted by atomic mass is 79.9. The summed E-state index contributed by atoms with van der Waals surface area (Å²) in [7, 11) is -3.92. The number of H-pyrrole nitrogens is 1. The number of anilines is 1. The number of sulfonamides is 1. The number of aromatic nitrogens is 2. The van der Waals surface area contributed by atoms with Gasteiger partial charge < -0.3 is 5.73 Å². The van der Waals surface area contributed by atoms with E-state index < -0.39 is 10.0 Å². The van der Waals surface area contributed by atoms with Gasteiger partial charge in [-0.1, -0.05) is 23.2 Å². The maximum absolute atomic E-state index is 12.4. The van der Waals surface area contributed by atoms with E-state index in [1.54, 1.807) is 13.0 Å². The molecule has 10 heteroatoms. The van der Waals surface area contributed by atoms with Gasteiger partial charge in [0.25, 0.3) is 10.0 Å². The maximum atomic E-state index is 12.4. The number of rotatable bonds is 4. The molecular formula is C11H11BrCl2N4O2S. The molecule has 0 unspecified atom stereocenters. The fourth-order valence-corrected chi connectivity index (χ4v) is 3.85. The van der Waals surface area contributed by atoms with Gasteiger partial charge in [0.1, 0.15) is 0 Å². The SMILES string of the molecule is Cc1[nH]nc(S(=O)(=O)Nc2ccc(Br)c(Cl)c2Cl)c1CN. The van der Waals surface area contributed by atoms with E-state index in [1.165, 1.54) is 6.07 Å². The van der Waals surface area contributed by atoms with Crippen molar-refractivity contribution >= 4 is 54.8 Å². The molecule has 0 fully saturated rings. The minimum Gasteiger partial charge on any atom is -0.326 e. The van der Waals surface area contributed by atoms with Crippen molar-refractivity contribution in [2.75, 3.05) is 4.72 Å². The topological polar surface area (TPSA) is 101 Å². The summed E-state index contributed by atoms with van der Waals surface area (Å²) >= 11 is 15.2. The predicted octanol–water partition coefficient (Wildman–Crippen LogP) is 3.05. The van der Waals surface area contributed by atoms with Gasteiger partial charge in [0, 0.05) is 22.3 Å². The molecule has 1 aromatic heterocycles. The van der Waals surface area contributed by atoms with E-state index in [1.807, 2.05) is 0 Å². The van der Waals surface area contributed by atoms with Crippen LogP contribution in [0.25, 0.3) is 0 Å². The van der Waals surface area contributed by atoms with E-state index in [4.69, 9.17) is 28.9 Å². The van der Waals surface area contributed by atoms with Gasteiger partial charge in [-0.05, 0) is 35.0 Å². The zero-order chi connectivity index (χ0) is 15.8. The van der Waals surface area contributed by atoms with E-state index >= 15 is 0 Å². The summed E-state index contributed by atoms with van der Waals surface area (Å²) in [5.41, 5.74) is 6.73. The Bertz CT molecular complexity index is 792. The van der Waals surface area contributed by atoms with Crippen LogP contribution in [0.4, 0.5) is 5.69 Å². The Kier molecular flexibility index (Phi) is 4.84. The third-order valence-electron chi connectivity index (χ3n) is 2.77. The van der Waals surface area contributed by atoms with Crippen molar-refractivity contribution in [2.24, 2.45) is 5.73 Å². The van der Waals surface area contributed by atoms with Crippen molar-refractivity contribution in [1.82, 2.24) is 10.2 Å². The molecule has 2 rings (SSSR count). The highest BCUT2D eigenvalue weighted by Gasteiger charge is 2.24. The van der Waals surface area contributed by atoms with E-state index in [0.29, 0.717) is 15.7 Å². The van der Waals surface area contributed by atoms with Crippen LogP contribution < -0.4 is 10.5 Å². The monoisotopic (exact) mass is 412 g/mol. The molecule has 0 bridgehead atoms. The van der Waals surface area contributed by atoms with E-state index in [0.717, 1.165) is 0 Å². The van der Waals surface area contributed by atoms with Crippen LogP contribution in [0.15, 0.2) is 21.6 Å². The van der Waals surface area contributed by atoms with E-state index in [-0.39, 0.29) is 27.3 Å². The Morgan fingerprint density at radius 1 is 1.38 bits per heavy atom. The molecule has 114 valence electrons. The molecule has 0 amide bonds. The molecule has 0 aliphatic heterocycles. The van der Waals surface area contributed by atoms with Gasteiger partial charge in [-0.3, -0.25) is 9.82 Å². The van der Waals surface area contributed by atoms with Crippen LogP contribution in [0.3, 0.4) is 0 Å². The first-order valence-electron chi connectivity index (χ1n) is 5.68. The second-order valence-corrected chi connectivity index (χ2v) is 7.37. The molecule has 0 radical (unpaired) electrons. The van der Waals surface area contributed by atoms with Gasteiger partial charge in [-0.25, -0.2) is 0 Å². The summed E-state index contributed by atoms with van der Waals surface area (Å²) in [5.74, 6) is 0. The summed E-state index contributed by atoms with van der Waals surface area (Å²) in [5, 5.41) is 6.54. The molecule has 0 aliphatic rings. The normalized spacial score (nSPS) is 11.7. The Labute approximate surface area is 140 Å². The molecular weight excluding hydrogens is 403 g/mol. The van der Waals surface area contributed by atoms with Crippen molar-refractivity contribution in [3.8, 4) is 0 Å². The lowest BCUT2D eigenvalue weighted by Crippen LogP contribution is -2.16. The number of nitrogens with zero attached hydrogens (tertiary/aromatic N) is 1. The minimum absolute atomic E-state index is 0.0490. The molecule has 2 aromatic rings. The van der Waals surface area contributed by atoms with Crippen LogP contribution in [-0.4, -0.2) is 18.6 Å². The molecule has 6 nitrogen and oxygen atoms in total. The summed E-state index contributed by atoms with van der Waals surface area (Å²) in [4.78, 5) is 0. The molecule has 21 heavy (non-hydrogen) atoms. The fourth-order valence-electron chi connectivity index (χ4n) is 1.69. The van der Waals surface area contributed by atoms with Gasteiger partial charge in [0.2, 0.25) is 5.03 Å². The first kappa shape index (κ1) is 16.6. The van der Waals surface area contributed by atoms with Crippen LogP contribution in [-0.2, 0) is 16.6 Å². The number of benzene rings is 1. The molecule has 0 atom stereocenters. The van der Waals surface area contributed by atoms with Gasteiger partial charge in [0.15, 0.2) is 0 Å². The average molecular weight is 414 g/mol. The lowest BCUT2D eigenvalue weighted by molar-refractivity contribution is 0.596. The second-order valence-electron chi connectivity index (χ2n) is 4.16. The fraction of sp³-hybridized carbons (Fsp3) is 0.182. The largest absolute Gasteiger partial charge is 0.326 e. The molecule has 4 N–H and O–H groups in total. The minimum atomic E-state index is -3.92. The Hall–Kier alpha value is -0.800. The van der Waals surface area contributed by atoms with Crippen LogP contribution in [0, 0.1) is 6.92 Å². The summed E-state index contributed by atoms with van der Waals surface area (Å²) in [6.07, 6.45) is 0. The lowest BCUT2D eigenvalue weighted by Gasteiger charge is -2.10. The smallest absolute Gasteiger partial charge is 0.281 e. The predicted molar refractivity (Wildman–Crippen MR) is 86.2 cm³/mol. The first-order valence-corrected chi connectivity index (χ1v) is 8.71. The maximum Gasteiger partial charge on any atom is 0.281 e. The van der Waals surface area contributed by atoms with Crippen molar-refractivity contribution in [1.29, 1.82) is 0 Å².